The lowest BCUT2D eigenvalue weighted by molar-refractivity contribution is -0.139. The number of Topliss-reactive ketones (excluding diaryl/α,β-unsaturated/α-hetero) is 1. The van der Waals surface area contributed by atoms with Crippen LogP contribution < -0.4 is 0 Å². The van der Waals surface area contributed by atoms with Gasteiger partial charge in [0.15, 0.2) is 14.9 Å². The second kappa shape index (κ2) is 7.23. The monoisotopic (exact) mass is 312 g/mol. The summed E-state index contributed by atoms with van der Waals surface area (Å²) in [6.07, 6.45) is 0. The largest absolute Gasteiger partial charge is 0.453 e. The zero-order chi connectivity index (χ0) is 16.9. The Bertz CT molecular complexity index is 447. The van der Waals surface area contributed by atoms with E-state index in [4.69, 9.17) is 4.43 Å². The zero-order valence-corrected chi connectivity index (χ0v) is 15.5. The Hall–Kier alpha value is -1.12. The first kappa shape index (κ1) is 19.9. The quantitative estimate of drug-likeness (QED) is 0.339. The first-order valence-corrected chi connectivity index (χ1v) is 10.0. The van der Waals surface area contributed by atoms with Gasteiger partial charge >= 0.3 is 5.97 Å². The SMILES string of the molecule is CC(=O)OCC#CC(=O)C(C)(C)CO[Si](C)(C)C(C)(C)C. The molecule has 5 heteroatoms. The van der Waals surface area contributed by atoms with E-state index in [2.05, 4.69) is 50.4 Å². The van der Waals surface area contributed by atoms with E-state index < -0.39 is 19.7 Å². The molecule has 0 spiro atoms. The van der Waals surface area contributed by atoms with Crippen molar-refractivity contribution < 1.29 is 18.8 Å². The number of carbonyl (C=O) groups is 2. The maximum absolute atomic E-state index is 12.1. The maximum Gasteiger partial charge on any atom is 0.303 e. The van der Waals surface area contributed by atoms with Crippen LogP contribution in [-0.2, 0) is 18.8 Å². The van der Waals surface area contributed by atoms with Crippen molar-refractivity contribution in [3.63, 3.8) is 0 Å². The second-order valence-corrected chi connectivity index (χ2v) is 12.2. The number of esters is 1. The molecule has 0 aromatic carbocycles. The second-order valence-electron chi connectivity index (χ2n) is 7.34. The van der Waals surface area contributed by atoms with Gasteiger partial charge in [-0.2, -0.15) is 0 Å². The number of ketones is 1. The third kappa shape index (κ3) is 6.92. The van der Waals surface area contributed by atoms with Crippen LogP contribution in [0.2, 0.25) is 18.1 Å². The molecule has 0 amide bonds. The van der Waals surface area contributed by atoms with E-state index in [0.717, 1.165) is 0 Å². The predicted octanol–water partition coefficient (Wildman–Crippen LogP) is 3.17. The lowest BCUT2D eigenvalue weighted by Crippen LogP contribution is -2.44. The van der Waals surface area contributed by atoms with Crippen molar-refractivity contribution in [2.45, 2.75) is 59.7 Å². The molecule has 0 heterocycles. The highest BCUT2D eigenvalue weighted by atomic mass is 28.4. The van der Waals surface area contributed by atoms with Gasteiger partial charge in [0.1, 0.15) is 0 Å². The molecule has 0 atom stereocenters. The van der Waals surface area contributed by atoms with Crippen LogP contribution in [0.25, 0.3) is 0 Å². The molecule has 0 fully saturated rings. The van der Waals surface area contributed by atoms with Gasteiger partial charge in [0.2, 0.25) is 5.78 Å². The van der Waals surface area contributed by atoms with Gasteiger partial charge in [-0.1, -0.05) is 26.7 Å². The molecule has 0 aromatic heterocycles. The molecule has 4 nitrogen and oxygen atoms in total. The Morgan fingerprint density at radius 2 is 1.62 bits per heavy atom. The Labute approximate surface area is 129 Å². The topological polar surface area (TPSA) is 52.6 Å². The minimum Gasteiger partial charge on any atom is -0.453 e. The lowest BCUT2D eigenvalue weighted by atomic mass is 9.89. The van der Waals surface area contributed by atoms with Crippen LogP contribution in [0.3, 0.4) is 0 Å². The normalized spacial score (nSPS) is 12.4. The molecule has 0 saturated heterocycles. The smallest absolute Gasteiger partial charge is 0.303 e. The molecular weight excluding hydrogens is 284 g/mol. The molecule has 0 aromatic rings. The van der Waals surface area contributed by atoms with Gasteiger partial charge < -0.3 is 9.16 Å². The third-order valence-corrected chi connectivity index (χ3v) is 8.24. The van der Waals surface area contributed by atoms with Gasteiger partial charge in [0.25, 0.3) is 0 Å². The van der Waals surface area contributed by atoms with E-state index in [1.807, 2.05) is 13.8 Å². The molecule has 0 radical (unpaired) electrons. The summed E-state index contributed by atoms with van der Waals surface area (Å²) in [4.78, 5) is 22.7. The molecular formula is C16H28O4Si. The zero-order valence-electron chi connectivity index (χ0n) is 14.5. The molecule has 0 aliphatic heterocycles. The maximum atomic E-state index is 12.1. The van der Waals surface area contributed by atoms with Gasteiger partial charge in [-0.25, -0.2) is 0 Å². The first-order chi connectivity index (χ1) is 9.29. The number of carbonyl (C=O) groups excluding carboxylic acids is 2. The summed E-state index contributed by atoms with van der Waals surface area (Å²) in [5, 5.41) is 0.104. The molecule has 0 saturated carbocycles. The third-order valence-electron chi connectivity index (χ3n) is 3.76. The van der Waals surface area contributed by atoms with Crippen LogP contribution in [0, 0.1) is 17.3 Å². The lowest BCUT2D eigenvalue weighted by Gasteiger charge is -2.38. The fourth-order valence-electron chi connectivity index (χ4n) is 1.07. The summed E-state index contributed by atoms with van der Waals surface area (Å²) >= 11 is 0. The van der Waals surface area contributed by atoms with Crippen molar-refractivity contribution in [2.75, 3.05) is 13.2 Å². The van der Waals surface area contributed by atoms with E-state index in [1.54, 1.807) is 0 Å². The molecule has 0 unspecified atom stereocenters. The number of hydrogen-bond donors (Lipinski definition) is 0. The average Bonchev–Trinajstić information content (AvgIpc) is 2.30. The van der Waals surface area contributed by atoms with E-state index in [-0.39, 0.29) is 17.4 Å². The number of ether oxygens (including phenoxy) is 1. The van der Waals surface area contributed by atoms with E-state index >= 15 is 0 Å². The van der Waals surface area contributed by atoms with Gasteiger partial charge in [0.05, 0.1) is 5.41 Å². The highest BCUT2D eigenvalue weighted by Crippen LogP contribution is 2.37. The molecule has 21 heavy (non-hydrogen) atoms. The molecule has 0 bridgehead atoms. The summed E-state index contributed by atoms with van der Waals surface area (Å²) in [6, 6.07) is 0. The van der Waals surface area contributed by atoms with E-state index in [9.17, 15) is 9.59 Å². The molecule has 0 aliphatic rings. The Balaban J connectivity index is 4.62. The minimum atomic E-state index is -1.88. The van der Waals surface area contributed by atoms with Crippen molar-refractivity contribution in [3.8, 4) is 11.8 Å². The Morgan fingerprint density at radius 3 is 2.05 bits per heavy atom. The Morgan fingerprint density at radius 1 is 1.10 bits per heavy atom. The molecule has 0 rings (SSSR count). The summed E-state index contributed by atoms with van der Waals surface area (Å²) in [5.74, 6) is 4.48. The van der Waals surface area contributed by atoms with Crippen molar-refractivity contribution in [3.05, 3.63) is 0 Å². The summed E-state index contributed by atoms with van der Waals surface area (Å²) in [5.41, 5.74) is -0.668. The minimum absolute atomic E-state index is 0.0553. The van der Waals surface area contributed by atoms with Gasteiger partial charge in [-0.15, -0.1) is 0 Å². The summed E-state index contributed by atoms with van der Waals surface area (Å²) in [7, 11) is -1.88. The fourth-order valence-corrected chi connectivity index (χ4v) is 2.22. The highest BCUT2D eigenvalue weighted by Gasteiger charge is 2.39. The molecule has 0 N–H and O–H groups in total. The number of hydrogen-bond acceptors (Lipinski definition) is 4. The van der Waals surface area contributed by atoms with Gasteiger partial charge in [0, 0.05) is 13.5 Å². The van der Waals surface area contributed by atoms with Crippen LogP contribution in [0.4, 0.5) is 0 Å². The highest BCUT2D eigenvalue weighted by molar-refractivity contribution is 6.74. The van der Waals surface area contributed by atoms with Crippen molar-refractivity contribution in [2.24, 2.45) is 5.41 Å². The van der Waals surface area contributed by atoms with Crippen LogP contribution in [0.5, 0.6) is 0 Å². The molecule has 0 aliphatic carbocycles. The van der Waals surface area contributed by atoms with Crippen LogP contribution in [-0.4, -0.2) is 33.3 Å². The predicted molar refractivity (Wildman–Crippen MR) is 86.3 cm³/mol. The van der Waals surface area contributed by atoms with Crippen LogP contribution >= 0.6 is 0 Å². The van der Waals surface area contributed by atoms with Crippen molar-refractivity contribution in [1.82, 2.24) is 0 Å². The van der Waals surface area contributed by atoms with Crippen LogP contribution in [0.1, 0.15) is 41.5 Å². The first-order valence-electron chi connectivity index (χ1n) is 7.10. The fraction of sp³-hybridized carbons (Fsp3) is 0.750. The van der Waals surface area contributed by atoms with Gasteiger partial charge in [-0.3, -0.25) is 9.59 Å². The van der Waals surface area contributed by atoms with Gasteiger partial charge in [-0.05, 0) is 37.9 Å². The van der Waals surface area contributed by atoms with E-state index in [0.29, 0.717) is 6.61 Å². The standard InChI is InChI=1S/C16H28O4Si/c1-13(17)19-11-9-10-14(18)16(5,6)12-20-21(7,8)15(2,3)4/h11-12H2,1-8H3. The van der Waals surface area contributed by atoms with Crippen molar-refractivity contribution in [1.29, 1.82) is 0 Å². The Kier molecular flexibility index (Phi) is 6.85. The van der Waals surface area contributed by atoms with Crippen molar-refractivity contribution >= 4 is 20.1 Å². The van der Waals surface area contributed by atoms with Crippen LogP contribution in [0.15, 0.2) is 0 Å². The average molecular weight is 312 g/mol. The summed E-state index contributed by atoms with van der Waals surface area (Å²) in [6.45, 7) is 16.0. The summed E-state index contributed by atoms with van der Waals surface area (Å²) < 4.78 is 10.8. The van der Waals surface area contributed by atoms with E-state index in [1.165, 1.54) is 6.92 Å². The molecule has 120 valence electrons. The number of rotatable bonds is 5.